The van der Waals surface area contributed by atoms with Crippen LogP contribution in [0.3, 0.4) is 0 Å². The molecule has 6 heteroatoms. The van der Waals surface area contributed by atoms with E-state index in [0.717, 1.165) is 23.1 Å². The van der Waals surface area contributed by atoms with E-state index in [1.54, 1.807) is 11.3 Å². The Morgan fingerprint density at radius 2 is 1.73 bits per heavy atom. The summed E-state index contributed by atoms with van der Waals surface area (Å²) in [5.74, 6) is 0. The van der Waals surface area contributed by atoms with Gasteiger partial charge in [0.25, 0.3) is 0 Å². The van der Waals surface area contributed by atoms with Gasteiger partial charge in [0.15, 0.2) is 0 Å². The van der Waals surface area contributed by atoms with Crippen LogP contribution in [0.4, 0.5) is 0 Å². The van der Waals surface area contributed by atoms with Gasteiger partial charge in [-0.2, -0.15) is 0 Å². The van der Waals surface area contributed by atoms with Gasteiger partial charge in [0.1, 0.15) is 30.5 Å². The SMILES string of the molecule is C.Cc1ccc(Cc2cc(C3O[C@H](CO)[C@@H](O)[C@H](O)[C@H]3O)ccc2C)s1. The summed E-state index contributed by atoms with van der Waals surface area (Å²) in [5, 5.41) is 39.6. The molecule has 1 saturated heterocycles. The Hall–Kier alpha value is -1.28. The predicted octanol–water partition coefficient (Wildman–Crippen LogP) is 2.11. The van der Waals surface area contributed by atoms with Crippen LogP contribution < -0.4 is 0 Å². The number of thiophene rings is 1. The molecular formula is C20H28O5S. The Kier molecular flexibility index (Phi) is 6.96. The van der Waals surface area contributed by atoms with Gasteiger partial charge in [0, 0.05) is 16.2 Å². The maximum absolute atomic E-state index is 10.3. The summed E-state index contributed by atoms with van der Waals surface area (Å²) in [7, 11) is 0. The summed E-state index contributed by atoms with van der Waals surface area (Å²) in [6.07, 6.45) is -4.85. The molecule has 1 aliphatic heterocycles. The summed E-state index contributed by atoms with van der Waals surface area (Å²) >= 11 is 1.75. The molecule has 2 heterocycles. The van der Waals surface area contributed by atoms with Crippen molar-refractivity contribution in [2.75, 3.05) is 6.61 Å². The second-order valence-corrected chi connectivity index (χ2v) is 8.00. The molecule has 4 N–H and O–H groups in total. The van der Waals surface area contributed by atoms with Crippen LogP contribution in [0.2, 0.25) is 0 Å². The van der Waals surface area contributed by atoms with Crippen LogP contribution in [0.5, 0.6) is 0 Å². The number of hydrogen-bond donors (Lipinski definition) is 4. The van der Waals surface area contributed by atoms with E-state index in [4.69, 9.17) is 4.74 Å². The Morgan fingerprint density at radius 3 is 2.35 bits per heavy atom. The summed E-state index contributed by atoms with van der Waals surface area (Å²) in [6, 6.07) is 9.99. The lowest BCUT2D eigenvalue weighted by molar-refractivity contribution is -0.231. The van der Waals surface area contributed by atoms with Crippen molar-refractivity contribution in [3.8, 4) is 0 Å². The van der Waals surface area contributed by atoms with E-state index in [9.17, 15) is 20.4 Å². The summed E-state index contributed by atoms with van der Waals surface area (Å²) in [5.41, 5.74) is 2.99. The van der Waals surface area contributed by atoms with E-state index < -0.39 is 37.1 Å². The van der Waals surface area contributed by atoms with Crippen molar-refractivity contribution in [3.05, 3.63) is 56.8 Å². The molecule has 1 unspecified atom stereocenters. The van der Waals surface area contributed by atoms with E-state index >= 15 is 0 Å². The quantitative estimate of drug-likeness (QED) is 0.652. The highest BCUT2D eigenvalue weighted by Gasteiger charge is 2.43. The van der Waals surface area contributed by atoms with Crippen LogP contribution in [0.15, 0.2) is 30.3 Å². The van der Waals surface area contributed by atoms with Gasteiger partial charge in [0.05, 0.1) is 6.61 Å². The first-order valence-corrected chi connectivity index (χ1v) is 9.17. The molecule has 5 atom stereocenters. The van der Waals surface area contributed by atoms with Gasteiger partial charge in [-0.3, -0.25) is 0 Å². The Morgan fingerprint density at radius 1 is 1.00 bits per heavy atom. The van der Waals surface area contributed by atoms with Gasteiger partial charge in [0.2, 0.25) is 0 Å². The maximum atomic E-state index is 10.3. The molecule has 3 rings (SSSR count). The minimum absolute atomic E-state index is 0. The lowest BCUT2D eigenvalue weighted by atomic mass is 9.89. The Balaban J connectivity index is 0.00000243. The first-order valence-electron chi connectivity index (χ1n) is 8.36. The van der Waals surface area contributed by atoms with Gasteiger partial charge in [-0.15, -0.1) is 11.3 Å². The van der Waals surface area contributed by atoms with E-state index in [-0.39, 0.29) is 7.43 Å². The highest BCUT2D eigenvalue weighted by Crippen LogP contribution is 2.33. The highest BCUT2D eigenvalue weighted by molar-refractivity contribution is 7.11. The normalized spacial score (nSPS) is 28.6. The molecule has 0 spiro atoms. The Labute approximate surface area is 158 Å². The predicted molar refractivity (Wildman–Crippen MR) is 102 cm³/mol. The molecule has 0 amide bonds. The zero-order chi connectivity index (χ0) is 18.1. The van der Waals surface area contributed by atoms with Gasteiger partial charge in [-0.1, -0.05) is 25.6 Å². The molecule has 1 aliphatic rings. The van der Waals surface area contributed by atoms with Crippen LogP contribution in [-0.4, -0.2) is 51.4 Å². The molecule has 0 saturated carbocycles. The fourth-order valence-electron chi connectivity index (χ4n) is 3.20. The fraction of sp³-hybridized carbons (Fsp3) is 0.500. The number of aliphatic hydroxyl groups is 4. The molecule has 26 heavy (non-hydrogen) atoms. The van der Waals surface area contributed by atoms with Crippen molar-refractivity contribution in [1.29, 1.82) is 0 Å². The molecular weight excluding hydrogens is 352 g/mol. The summed E-state index contributed by atoms with van der Waals surface area (Å²) in [4.78, 5) is 2.52. The van der Waals surface area contributed by atoms with Crippen LogP contribution in [0, 0.1) is 13.8 Å². The van der Waals surface area contributed by atoms with Gasteiger partial charge in [-0.25, -0.2) is 0 Å². The lowest BCUT2D eigenvalue weighted by Gasteiger charge is -2.40. The minimum atomic E-state index is -1.36. The first-order chi connectivity index (χ1) is 11.9. The van der Waals surface area contributed by atoms with Crippen molar-refractivity contribution in [3.63, 3.8) is 0 Å². The third-order valence-electron chi connectivity index (χ3n) is 4.75. The molecule has 5 nitrogen and oxygen atoms in total. The van der Waals surface area contributed by atoms with Crippen molar-refractivity contribution in [2.24, 2.45) is 0 Å². The highest BCUT2D eigenvalue weighted by atomic mass is 32.1. The second kappa shape index (κ2) is 8.61. The molecule has 0 bridgehead atoms. The average Bonchev–Trinajstić information content (AvgIpc) is 3.00. The Bertz CT molecular complexity index is 727. The van der Waals surface area contributed by atoms with Crippen molar-refractivity contribution < 1.29 is 25.2 Å². The molecule has 2 aromatic rings. The van der Waals surface area contributed by atoms with Crippen LogP contribution >= 0.6 is 11.3 Å². The van der Waals surface area contributed by atoms with Crippen LogP contribution in [0.1, 0.15) is 40.0 Å². The van der Waals surface area contributed by atoms with Crippen molar-refractivity contribution in [1.82, 2.24) is 0 Å². The molecule has 1 fully saturated rings. The topological polar surface area (TPSA) is 90.2 Å². The lowest BCUT2D eigenvalue weighted by Crippen LogP contribution is -2.55. The molecule has 144 valence electrons. The number of ether oxygens (including phenoxy) is 1. The average molecular weight is 381 g/mol. The number of hydrogen-bond acceptors (Lipinski definition) is 6. The molecule has 0 aliphatic carbocycles. The van der Waals surface area contributed by atoms with E-state index in [1.165, 1.54) is 9.75 Å². The number of rotatable bonds is 4. The number of aryl methyl sites for hydroxylation is 2. The number of aliphatic hydroxyl groups excluding tert-OH is 4. The third-order valence-corrected chi connectivity index (χ3v) is 5.76. The van der Waals surface area contributed by atoms with Crippen LogP contribution in [0.25, 0.3) is 0 Å². The largest absolute Gasteiger partial charge is 0.394 e. The third kappa shape index (κ3) is 4.17. The zero-order valence-corrected chi connectivity index (χ0v) is 15.1. The van der Waals surface area contributed by atoms with Gasteiger partial charge >= 0.3 is 0 Å². The second-order valence-electron chi connectivity index (χ2n) is 6.62. The molecule has 1 aromatic carbocycles. The maximum Gasteiger partial charge on any atom is 0.113 e. The first kappa shape index (κ1) is 21.0. The summed E-state index contributed by atoms with van der Waals surface area (Å²) in [6.45, 7) is 3.69. The van der Waals surface area contributed by atoms with Gasteiger partial charge in [-0.05, 0) is 42.7 Å². The summed E-state index contributed by atoms with van der Waals surface area (Å²) < 4.78 is 5.66. The fourth-order valence-corrected chi connectivity index (χ4v) is 4.12. The molecule has 1 aromatic heterocycles. The standard InChI is InChI=1S/C19H24O5S.CH4/c1-10-3-5-12(7-13(10)8-14-6-4-11(2)25-14)19-18(23)17(22)16(21)15(9-20)24-19;/h3-7,15-23H,8-9H2,1-2H3;1H4/t15-,16-,17+,18-,19?;/m1./s1. The number of benzene rings is 1. The molecule has 0 radical (unpaired) electrons. The van der Waals surface area contributed by atoms with Crippen LogP contribution in [-0.2, 0) is 11.2 Å². The zero-order valence-electron chi connectivity index (χ0n) is 14.3. The van der Waals surface area contributed by atoms with E-state index in [2.05, 4.69) is 19.1 Å². The van der Waals surface area contributed by atoms with E-state index in [1.807, 2.05) is 25.1 Å². The van der Waals surface area contributed by atoms with Gasteiger partial charge < -0.3 is 25.2 Å². The van der Waals surface area contributed by atoms with Crippen molar-refractivity contribution >= 4 is 11.3 Å². The monoisotopic (exact) mass is 380 g/mol. The van der Waals surface area contributed by atoms with Crippen molar-refractivity contribution in [2.45, 2.75) is 58.2 Å². The minimum Gasteiger partial charge on any atom is -0.394 e. The smallest absolute Gasteiger partial charge is 0.113 e. The van der Waals surface area contributed by atoms with E-state index in [0.29, 0.717) is 0 Å².